The Morgan fingerprint density at radius 1 is 0.644 bits per heavy atom. The predicted molar refractivity (Wildman–Crippen MR) is 185 cm³/mol. The molecule has 59 heavy (non-hydrogen) atoms. The summed E-state index contributed by atoms with van der Waals surface area (Å²) in [6, 6.07) is 9.41. The van der Waals surface area contributed by atoms with E-state index in [1.807, 2.05) is 0 Å². The fourth-order valence-electron chi connectivity index (χ4n) is 3.17. The molecule has 0 spiro atoms. The van der Waals surface area contributed by atoms with Crippen LogP contribution in [0, 0.1) is 0 Å². The van der Waals surface area contributed by atoms with E-state index < -0.39 is 61.2 Å². The molecular weight excluding hydrogens is 840 g/mol. The van der Waals surface area contributed by atoms with Gasteiger partial charge in [-0.3, -0.25) is 29.2 Å². The molecule has 0 amide bonds. The first kappa shape index (κ1) is 60.9. The van der Waals surface area contributed by atoms with Crippen molar-refractivity contribution in [1.82, 2.24) is 19.9 Å². The topological polar surface area (TPSA) is 226 Å². The molecular formula is C32H37F13N11NaO2. The van der Waals surface area contributed by atoms with Crippen LogP contribution in [0.3, 0.4) is 0 Å². The van der Waals surface area contributed by atoms with Gasteiger partial charge in [-0.2, -0.15) is 52.7 Å². The van der Waals surface area contributed by atoms with Crippen molar-refractivity contribution in [2.24, 2.45) is 10.8 Å². The largest absolute Gasteiger partial charge is 1.00 e. The summed E-state index contributed by atoms with van der Waals surface area (Å²) in [5, 5.41) is 18.7. The first-order chi connectivity index (χ1) is 27.0. The molecule has 0 saturated heterocycles. The molecule has 0 aliphatic carbocycles. The van der Waals surface area contributed by atoms with Crippen molar-refractivity contribution >= 4 is 0 Å². The molecule has 4 N–H and O–H groups in total. The molecule has 4 rings (SSSR count). The first-order valence-corrected chi connectivity index (χ1v) is 14.7. The number of aryl methyl sites for hydroxylation is 1. The van der Waals surface area contributed by atoms with Gasteiger partial charge in [0.15, 0.2) is 0 Å². The molecule has 4 heterocycles. The number of aliphatic hydroxyl groups is 2. The van der Waals surface area contributed by atoms with Crippen molar-refractivity contribution < 1.29 is 98.2 Å². The summed E-state index contributed by atoms with van der Waals surface area (Å²) in [4.78, 5) is 16.6. The van der Waals surface area contributed by atoms with Gasteiger partial charge in [0.1, 0.15) is 22.8 Å². The number of azide groups is 1. The average molecular weight is 879 g/mol. The van der Waals surface area contributed by atoms with Crippen LogP contribution in [0.1, 0.15) is 60.8 Å². The van der Waals surface area contributed by atoms with Crippen molar-refractivity contribution in [3.8, 4) is 0 Å². The molecule has 0 aliphatic heterocycles. The molecule has 0 aliphatic rings. The molecule has 0 bridgehead atoms. The summed E-state index contributed by atoms with van der Waals surface area (Å²) in [6.45, 7) is 1.37. The van der Waals surface area contributed by atoms with Crippen molar-refractivity contribution in [2.45, 2.75) is 65.2 Å². The van der Waals surface area contributed by atoms with Crippen LogP contribution in [0.5, 0.6) is 0 Å². The summed E-state index contributed by atoms with van der Waals surface area (Å²) in [6.07, 6.45) is -12.7. The minimum Gasteiger partial charge on any atom is -0.400 e. The summed E-state index contributed by atoms with van der Waals surface area (Å²) >= 11 is 0. The third kappa shape index (κ3) is 29.1. The molecule has 0 atom stereocenters. The SMILES string of the molecule is C.CCc1ccnc(C(F)(F)F)c1.CO.NCc1ccnc(C(F)(F)F)c1.OCc1ccnc(C(F)(F)F)c1.[2H]CF.[N-]=[N+]=NCc1ccnc(C(F)(F)F)c1.[N-]=[N+]=[N-].[Na+]. The van der Waals surface area contributed by atoms with Gasteiger partial charge in [0.25, 0.3) is 0 Å². The quantitative estimate of drug-likeness (QED) is 0.0604. The Morgan fingerprint density at radius 3 is 1.20 bits per heavy atom. The Kier molecular flexibility index (Phi) is 34.1. The van der Waals surface area contributed by atoms with Crippen LogP contribution < -0.4 is 35.3 Å². The number of alkyl halides is 13. The smallest absolute Gasteiger partial charge is 0.400 e. The van der Waals surface area contributed by atoms with Crippen molar-refractivity contribution in [2.75, 3.05) is 14.3 Å². The number of hydrogen-bond acceptors (Lipinski definition) is 8. The van der Waals surface area contributed by atoms with Gasteiger partial charge in [0, 0.05) is 43.4 Å². The molecule has 0 saturated carbocycles. The summed E-state index contributed by atoms with van der Waals surface area (Å²) in [5.41, 5.74) is 24.5. The Balaban J connectivity index is -0.000000209. The number of halogens is 13. The van der Waals surface area contributed by atoms with Crippen LogP contribution >= 0.6 is 0 Å². The number of aromatic nitrogens is 4. The zero-order chi connectivity index (χ0) is 45.6. The minimum absolute atomic E-state index is 0. The van der Waals surface area contributed by atoms with E-state index in [4.69, 9.17) is 33.9 Å². The fourth-order valence-corrected chi connectivity index (χ4v) is 3.17. The van der Waals surface area contributed by atoms with E-state index in [0.29, 0.717) is 17.5 Å². The van der Waals surface area contributed by atoms with Crippen molar-refractivity contribution in [3.05, 3.63) is 145 Å². The van der Waals surface area contributed by atoms with Crippen LogP contribution in [0.25, 0.3) is 26.4 Å². The monoisotopic (exact) mass is 878 g/mol. The molecule has 0 fully saturated rings. The number of pyridine rings is 4. The Labute approximate surface area is 352 Å². The zero-order valence-electron chi connectivity index (χ0n) is 31.3. The van der Waals surface area contributed by atoms with E-state index in [2.05, 4.69) is 30.0 Å². The number of rotatable bonds is 5. The van der Waals surface area contributed by atoms with Gasteiger partial charge in [0.05, 0.1) is 21.7 Å². The summed E-state index contributed by atoms with van der Waals surface area (Å²) in [5.74, 6) is 0. The van der Waals surface area contributed by atoms with Crippen molar-refractivity contribution in [1.29, 1.82) is 0 Å². The van der Waals surface area contributed by atoms with Crippen LogP contribution in [0.2, 0.25) is 0 Å². The molecule has 4 aromatic rings. The fraction of sp³-hybridized carbons (Fsp3) is 0.375. The van der Waals surface area contributed by atoms with Gasteiger partial charge < -0.3 is 27.0 Å². The average Bonchev–Trinajstić information content (AvgIpc) is 3.18. The first-order valence-electron chi connectivity index (χ1n) is 15.4. The maximum Gasteiger partial charge on any atom is 1.00 e. The Morgan fingerprint density at radius 2 is 0.915 bits per heavy atom. The van der Waals surface area contributed by atoms with Crippen LogP contribution in [-0.4, -0.2) is 44.4 Å². The zero-order valence-corrected chi connectivity index (χ0v) is 32.3. The van der Waals surface area contributed by atoms with Crippen molar-refractivity contribution in [3.63, 3.8) is 0 Å². The van der Waals surface area contributed by atoms with Gasteiger partial charge in [0.2, 0.25) is 0 Å². The van der Waals surface area contributed by atoms with E-state index in [0.717, 1.165) is 50.0 Å². The van der Waals surface area contributed by atoms with Crippen LogP contribution in [-0.2, 0) is 50.8 Å². The van der Waals surface area contributed by atoms with Crippen LogP contribution in [0.4, 0.5) is 57.1 Å². The van der Waals surface area contributed by atoms with Gasteiger partial charge in [-0.25, -0.2) is 0 Å². The Bertz CT molecular complexity index is 1670. The maximum atomic E-state index is 12.1. The van der Waals surface area contributed by atoms with Gasteiger partial charge in [-0.15, -0.1) is 0 Å². The molecule has 13 nitrogen and oxygen atoms in total. The second-order valence-electron chi connectivity index (χ2n) is 9.38. The number of hydrogen-bond donors (Lipinski definition) is 3. The van der Waals surface area contributed by atoms with Gasteiger partial charge in [-0.05, 0) is 82.7 Å². The molecule has 0 radical (unpaired) electrons. The minimum atomic E-state index is -4.47. The Hall–Kier alpha value is -4.81. The van der Waals surface area contributed by atoms with E-state index in [9.17, 15) is 57.1 Å². The van der Waals surface area contributed by atoms with Crippen LogP contribution in [0.15, 0.2) is 78.4 Å². The second-order valence-corrected chi connectivity index (χ2v) is 9.38. The normalized spacial score (nSPS) is 10.2. The number of nitrogens with zero attached hydrogens (tertiary/aromatic N) is 10. The van der Waals surface area contributed by atoms with E-state index in [-0.39, 0.29) is 61.2 Å². The van der Waals surface area contributed by atoms with Gasteiger partial charge >= 0.3 is 54.3 Å². The molecule has 27 heteroatoms. The second kappa shape index (κ2) is 33.1. The molecule has 324 valence electrons. The summed E-state index contributed by atoms with van der Waals surface area (Å²) in [7, 11) is 0. The third-order valence-corrected chi connectivity index (χ3v) is 5.60. The molecule has 0 aromatic carbocycles. The third-order valence-electron chi connectivity index (χ3n) is 5.60. The van der Waals surface area contributed by atoms with E-state index >= 15 is 0 Å². The van der Waals surface area contributed by atoms with E-state index in [1.54, 1.807) is 13.0 Å². The number of nitrogens with two attached hydrogens (primary N) is 1. The van der Waals surface area contributed by atoms with E-state index in [1.165, 1.54) is 29.3 Å². The summed E-state index contributed by atoms with van der Waals surface area (Å²) < 4.78 is 160. The standard InChI is InChI=1S/C8H8F3N.C7H5F3N4.C7H7F3N2.C7H6F3NO.CH3F.CH4O.CH4.N3.Na/c1-2-6-3-4-12-7(5-6)8(9,10)11;8-7(9,10)6-3-5(1-2-12-6)4-13-14-11;8-7(9,10)6-3-5(4-11)1-2-12-6;8-7(9,10)6-3-5(4-12)1-2-11-6;2*1-2;;1-3-2;/h3-5H,2H2,1H3;1-3H,4H2;1-3H,4,11H2;1-3,12H,4H2;1H3;2H,1H3;1H4;;/q;;;;;;;-1;+1/i;;;;1D;;;;. The number of aliphatic hydroxyl groups excluding tert-OH is 2. The molecule has 0 unspecified atom stereocenters. The van der Waals surface area contributed by atoms with Gasteiger partial charge in [-0.1, -0.05) is 19.5 Å². The predicted octanol–water partition coefficient (Wildman–Crippen LogP) is 7.43. The maximum absolute atomic E-state index is 12.1. The molecule has 4 aromatic heterocycles.